The Balaban J connectivity index is 0.000000486. The van der Waals surface area contributed by atoms with Crippen molar-refractivity contribution >= 4 is 11.6 Å². The van der Waals surface area contributed by atoms with Gasteiger partial charge in [-0.1, -0.05) is 245 Å². The topological polar surface area (TPSA) is 0 Å². The standard InChI is InChI=1S/3C11H12.C10H9Cl.2C10H9F.C10H10.C9H8/c1-3-4-7-11-8-5-6-10(2)9-11;2*1-3-4-5-11-8-6-10(2)7-9-11;1-2-3-4-9-5-7-10(11)8-6-9;1-2-3-6-9-7-4-5-8-10(9)11;1-2-3-4-9-5-7-10(11)8-6-9;1-2-3-7-10-8-5-4-6-9-10;1-2-6-9-7-4-3-5-8-9/h5-6,8-9H,3H2,1-2H3;2*6-9H,3H2,1-2H3;5-8H,2H2,1H3;4-5,7-8H,2H2,1H3;5-8H,2H2,1H3;4-6,8-9H,2H2,1H3;3-5,7-8H,1H3. The van der Waals surface area contributed by atoms with Crippen molar-refractivity contribution in [3.8, 4) is 94.7 Å². The third kappa shape index (κ3) is 40.3. The minimum absolute atomic E-state index is 0.216. The van der Waals surface area contributed by atoms with Crippen LogP contribution in [0.3, 0.4) is 0 Å². The first-order valence-electron chi connectivity index (χ1n) is 28.7. The van der Waals surface area contributed by atoms with Gasteiger partial charge >= 0.3 is 0 Å². The van der Waals surface area contributed by atoms with Crippen molar-refractivity contribution in [2.75, 3.05) is 0 Å². The molecule has 8 rings (SSSR count). The van der Waals surface area contributed by atoms with Gasteiger partial charge < -0.3 is 0 Å². The summed E-state index contributed by atoms with van der Waals surface area (Å²) < 4.78 is 25.2. The number of hydrogen-bond acceptors (Lipinski definition) is 0. The van der Waals surface area contributed by atoms with Gasteiger partial charge in [-0.2, -0.15) is 0 Å². The molecule has 0 spiro atoms. The molecule has 8 aromatic rings. The fourth-order valence-electron chi connectivity index (χ4n) is 6.14. The van der Waals surface area contributed by atoms with Crippen molar-refractivity contribution in [2.24, 2.45) is 0 Å². The van der Waals surface area contributed by atoms with Crippen molar-refractivity contribution < 1.29 is 8.78 Å². The predicted octanol–water partition coefficient (Wildman–Crippen LogP) is 21.1. The molecule has 430 valence electrons. The van der Waals surface area contributed by atoms with E-state index in [4.69, 9.17) is 11.6 Å². The van der Waals surface area contributed by atoms with E-state index < -0.39 is 0 Å². The highest BCUT2D eigenvalue weighted by Crippen LogP contribution is 2.09. The lowest BCUT2D eigenvalue weighted by molar-refractivity contribution is 0.624. The molecule has 0 bridgehead atoms. The summed E-state index contributed by atoms with van der Waals surface area (Å²) in [6.07, 6.45) is 6.18. The Morgan fingerprint density at radius 2 is 0.600 bits per heavy atom. The molecule has 0 aliphatic heterocycles. The van der Waals surface area contributed by atoms with E-state index in [1.807, 2.05) is 125 Å². The summed E-state index contributed by atoms with van der Waals surface area (Å²) in [6.45, 7) is 22.3. The van der Waals surface area contributed by atoms with Crippen LogP contribution in [0, 0.1) is 127 Å². The zero-order valence-corrected chi connectivity index (χ0v) is 52.5. The van der Waals surface area contributed by atoms with Crippen LogP contribution in [-0.2, 0) is 0 Å². The zero-order valence-electron chi connectivity index (χ0n) is 51.7. The lowest BCUT2D eigenvalue weighted by atomic mass is 10.1. The molecule has 85 heavy (non-hydrogen) atoms. The van der Waals surface area contributed by atoms with E-state index in [9.17, 15) is 8.78 Å². The predicted molar refractivity (Wildman–Crippen MR) is 363 cm³/mol. The van der Waals surface area contributed by atoms with Crippen molar-refractivity contribution in [3.63, 3.8) is 0 Å². The summed E-state index contributed by atoms with van der Waals surface area (Å²) in [5.74, 6) is 47.1. The summed E-state index contributed by atoms with van der Waals surface area (Å²) in [5, 5.41) is 0.757. The number of halogens is 3. The van der Waals surface area contributed by atoms with E-state index in [0.717, 1.165) is 88.9 Å². The first-order chi connectivity index (χ1) is 41.3. The van der Waals surface area contributed by atoms with Gasteiger partial charge in [0.15, 0.2) is 0 Å². The third-order valence-corrected chi connectivity index (χ3v) is 10.6. The maximum Gasteiger partial charge on any atom is 0.138 e. The highest BCUT2D eigenvalue weighted by Gasteiger charge is 1.94. The molecule has 0 amide bonds. The van der Waals surface area contributed by atoms with E-state index in [0.29, 0.717) is 5.56 Å². The quantitative estimate of drug-likeness (QED) is 0.133. The summed E-state index contributed by atoms with van der Waals surface area (Å²) in [7, 11) is 0. The Bertz CT molecular complexity index is 3360. The minimum atomic E-state index is -0.242. The molecule has 8 aromatic carbocycles. The first kappa shape index (κ1) is 73.4. The maximum atomic E-state index is 12.8. The second-order valence-electron chi connectivity index (χ2n) is 17.8. The lowest BCUT2D eigenvalue weighted by Crippen LogP contribution is -1.80. The molecule has 0 saturated carbocycles. The zero-order chi connectivity index (χ0) is 62.4. The Hall–Kier alpha value is -9.61. The van der Waals surface area contributed by atoms with Crippen LogP contribution >= 0.6 is 11.6 Å². The highest BCUT2D eigenvalue weighted by molar-refractivity contribution is 6.30. The van der Waals surface area contributed by atoms with Gasteiger partial charge in [0.1, 0.15) is 11.6 Å². The molecule has 0 N–H and O–H groups in total. The molecule has 0 aliphatic carbocycles. The van der Waals surface area contributed by atoms with Crippen molar-refractivity contribution in [3.05, 3.63) is 284 Å². The van der Waals surface area contributed by atoms with Crippen LogP contribution in [0.5, 0.6) is 0 Å². The van der Waals surface area contributed by atoms with E-state index in [1.165, 1.54) is 34.9 Å². The molecule has 0 atom stereocenters. The molecule has 0 fully saturated rings. The molecule has 0 aromatic heterocycles. The van der Waals surface area contributed by atoms with Crippen LogP contribution < -0.4 is 0 Å². The molecule has 0 aliphatic rings. The number of aryl methyl sites for hydroxylation is 3. The van der Waals surface area contributed by atoms with Crippen LogP contribution in [0.15, 0.2) is 206 Å². The molecular weight excluding hydrogens is 1060 g/mol. The first-order valence-corrected chi connectivity index (χ1v) is 29.1. The molecule has 0 saturated heterocycles. The summed E-state index contributed by atoms with van der Waals surface area (Å²) >= 11 is 5.70. The Morgan fingerprint density at radius 1 is 0.294 bits per heavy atom. The minimum Gasteiger partial charge on any atom is -0.207 e. The van der Waals surface area contributed by atoms with Crippen LogP contribution in [0.25, 0.3) is 0 Å². The van der Waals surface area contributed by atoms with Crippen molar-refractivity contribution in [1.82, 2.24) is 0 Å². The lowest BCUT2D eigenvalue weighted by Gasteiger charge is -1.91. The van der Waals surface area contributed by atoms with Crippen molar-refractivity contribution in [1.29, 1.82) is 0 Å². The SMILES string of the molecule is CC#Cc1ccccc1.CCC#Cc1ccc(C)cc1.CCC#Cc1ccc(C)cc1.CCC#Cc1ccc(Cl)cc1.CCC#Cc1ccc(F)cc1.CCC#Cc1cccc(C)c1.CCC#Cc1ccccc1.CCC#Cc1ccccc1F. The second kappa shape index (κ2) is 50.1. The van der Waals surface area contributed by atoms with Gasteiger partial charge in [0.05, 0.1) is 5.56 Å². The second-order valence-corrected chi connectivity index (χ2v) is 18.2. The van der Waals surface area contributed by atoms with Gasteiger partial charge in [-0.05, 0) is 155 Å². The van der Waals surface area contributed by atoms with Gasteiger partial charge in [0.25, 0.3) is 0 Å². The fourth-order valence-corrected chi connectivity index (χ4v) is 6.27. The number of hydrogen-bond donors (Lipinski definition) is 0. The molecule has 0 nitrogen and oxygen atoms in total. The summed E-state index contributed by atoms with van der Waals surface area (Å²) in [6, 6.07) is 65.0. The van der Waals surface area contributed by atoms with Gasteiger partial charge in [-0.15, -0.1) is 5.92 Å². The largest absolute Gasteiger partial charge is 0.207 e. The van der Waals surface area contributed by atoms with Gasteiger partial charge in [0, 0.05) is 88.9 Å². The van der Waals surface area contributed by atoms with E-state index in [2.05, 4.69) is 204 Å². The normalized spacial score (nSPS) is 8.40. The maximum absolute atomic E-state index is 12.8. The summed E-state index contributed by atoms with van der Waals surface area (Å²) in [5.41, 5.74) is 11.7. The Kier molecular flexibility index (Phi) is 43.3. The average molecular weight is 1140 g/mol. The van der Waals surface area contributed by atoms with Crippen LogP contribution in [0.2, 0.25) is 5.02 Å². The third-order valence-electron chi connectivity index (χ3n) is 10.4. The molecule has 0 radical (unpaired) electrons. The van der Waals surface area contributed by atoms with E-state index in [-0.39, 0.29) is 11.6 Å². The Labute approximate surface area is 517 Å². The fraction of sp³-hybridized carbons (Fsp3) is 0.220. The molecule has 0 heterocycles. The monoisotopic (exact) mass is 1140 g/mol. The van der Waals surface area contributed by atoms with E-state index in [1.54, 1.807) is 30.3 Å². The number of rotatable bonds is 0. The smallest absolute Gasteiger partial charge is 0.138 e. The van der Waals surface area contributed by atoms with Gasteiger partial charge in [-0.25, -0.2) is 8.78 Å². The summed E-state index contributed by atoms with van der Waals surface area (Å²) in [4.78, 5) is 0. The van der Waals surface area contributed by atoms with Gasteiger partial charge in [-0.3, -0.25) is 0 Å². The van der Waals surface area contributed by atoms with Crippen molar-refractivity contribution in [2.45, 2.75) is 121 Å². The number of benzene rings is 8. The van der Waals surface area contributed by atoms with Crippen LogP contribution in [-0.4, -0.2) is 0 Å². The molecule has 3 heteroatoms. The molecular formula is C82H81ClF2. The van der Waals surface area contributed by atoms with E-state index >= 15 is 0 Å². The van der Waals surface area contributed by atoms with Crippen LogP contribution in [0.4, 0.5) is 8.78 Å². The Morgan fingerprint density at radius 3 is 0.965 bits per heavy atom. The highest BCUT2D eigenvalue weighted by atomic mass is 35.5. The van der Waals surface area contributed by atoms with Crippen LogP contribution in [0.1, 0.15) is 162 Å². The van der Waals surface area contributed by atoms with Gasteiger partial charge in [0.2, 0.25) is 0 Å². The molecule has 0 unspecified atom stereocenters. The average Bonchev–Trinajstić information content (AvgIpc) is 3.55.